The van der Waals surface area contributed by atoms with E-state index in [4.69, 9.17) is 9.47 Å². The number of rotatable bonds is 11. The molecule has 0 amide bonds. The van der Waals surface area contributed by atoms with Gasteiger partial charge in [0.15, 0.2) is 11.4 Å². The van der Waals surface area contributed by atoms with E-state index in [1.807, 2.05) is 6.08 Å². The summed E-state index contributed by atoms with van der Waals surface area (Å²) >= 11 is 0. The van der Waals surface area contributed by atoms with E-state index in [1.54, 1.807) is 36.4 Å². The number of nitrogens with zero attached hydrogens (tertiary/aromatic N) is 2. The zero-order chi connectivity index (χ0) is 35.8. The average molecular weight is 689 g/mol. The van der Waals surface area contributed by atoms with Gasteiger partial charge in [0.05, 0.1) is 11.1 Å². The molecular formula is C37H40N2O11. The van der Waals surface area contributed by atoms with Crippen LogP contribution in [0.2, 0.25) is 0 Å². The predicted molar refractivity (Wildman–Crippen MR) is 176 cm³/mol. The van der Waals surface area contributed by atoms with Crippen LogP contribution in [0.15, 0.2) is 72.0 Å². The number of esters is 2. The van der Waals surface area contributed by atoms with Crippen LogP contribution in [-0.4, -0.2) is 33.5 Å². The van der Waals surface area contributed by atoms with Crippen LogP contribution in [0.5, 0.6) is 0 Å². The van der Waals surface area contributed by atoms with E-state index in [1.165, 1.54) is 19.1 Å². The Hall–Kier alpha value is -5.07. The lowest BCUT2D eigenvalue weighted by atomic mass is 9.47. The van der Waals surface area contributed by atoms with Gasteiger partial charge in [0.1, 0.15) is 19.0 Å². The second-order valence-corrected chi connectivity index (χ2v) is 14.3. The van der Waals surface area contributed by atoms with Gasteiger partial charge in [-0.15, -0.1) is 20.2 Å². The first-order chi connectivity index (χ1) is 23.8. The molecule has 6 unspecified atom stereocenters. The molecule has 2 aromatic rings. The van der Waals surface area contributed by atoms with E-state index in [0.29, 0.717) is 47.1 Å². The standard InChI is InChI=1S/C37H40N2O11/c1-23(40)37(50-34(42)27-10-6-25(7-11-27)22-48-39(45)46)19-16-32-30-13-12-28-20-29(14-17-35(28,2)31(30)15-18-36(32,37)3)49-33(41)26-8-4-24(5-9-26)21-47-38(43)44/h4-12,20,30-32H,13-19,21-22H2,1-3H3. The van der Waals surface area contributed by atoms with Crippen molar-refractivity contribution < 1.29 is 43.7 Å². The highest BCUT2D eigenvalue weighted by Crippen LogP contribution is 2.68. The number of carbonyl (C=O) groups excluding carboxylic acids is 3. The fourth-order valence-electron chi connectivity index (χ4n) is 9.32. The molecular weight excluding hydrogens is 648 g/mol. The lowest BCUT2D eigenvalue weighted by molar-refractivity contribution is -0.763. The molecule has 2 saturated carbocycles. The van der Waals surface area contributed by atoms with E-state index in [9.17, 15) is 34.6 Å². The van der Waals surface area contributed by atoms with Gasteiger partial charge in [-0.3, -0.25) is 4.79 Å². The van der Waals surface area contributed by atoms with E-state index in [-0.39, 0.29) is 35.9 Å². The summed E-state index contributed by atoms with van der Waals surface area (Å²) in [6.07, 6.45) is 9.22. The quantitative estimate of drug-likeness (QED) is 0.136. The van der Waals surface area contributed by atoms with Crippen molar-refractivity contribution in [1.82, 2.24) is 0 Å². The van der Waals surface area contributed by atoms with Gasteiger partial charge in [-0.1, -0.05) is 44.2 Å². The Morgan fingerprint density at radius 3 is 1.92 bits per heavy atom. The number of benzene rings is 2. The van der Waals surface area contributed by atoms with Gasteiger partial charge in [-0.25, -0.2) is 9.59 Å². The first-order valence-electron chi connectivity index (χ1n) is 16.9. The second-order valence-electron chi connectivity index (χ2n) is 14.3. The minimum Gasteiger partial charge on any atom is -0.447 e. The zero-order valence-corrected chi connectivity index (χ0v) is 28.3. The Balaban J connectivity index is 1.16. The molecule has 0 aromatic heterocycles. The van der Waals surface area contributed by atoms with Crippen molar-refractivity contribution in [3.63, 3.8) is 0 Å². The highest BCUT2D eigenvalue weighted by molar-refractivity contribution is 5.95. The maximum absolute atomic E-state index is 13.5. The molecule has 13 heteroatoms. The summed E-state index contributed by atoms with van der Waals surface area (Å²) in [5.41, 5.74) is 0.891. The van der Waals surface area contributed by atoms with Crippen molar-refractivity contribution in [1.29, 1.82) is 0 Å². The van der Waals surface area contributed by atoms with Gasteiger partial charge in [0, 0.05) is 11.8 Å². The number of allylic oxidation sites excluding steroid dienone is 4. The fourth-order valence-corrected chi connectivity index (χ4v) is 9.32. The van der Waals surface area contributed by atoms with Crippen molar-refractivity contribution >= 4 is 17.7 Å². The number of Topliss-reactive ketones (excluding diaryl/α,β-unsaturated/α-hetero) is 1. The number of hydrogen-bond donors (Lipinski definition) is 0. The summed E-state index contributed by atoms with van der Waals surface area (Å²) in [6, 6.07) is 12.5. The molecule has 4 aliphatic rings. The van der Waals surface area contributed by atoms with E-state index < -0.39 is 33.1 Å². The van der Waals surface area contributed by atoms with E-state index in [2.05, 4.69) is 29.6 Å². The summed E-state index contributed by atoms with van der Waals surface area (Å²) < 4.78 is 12.1. The molecule has 6 atom stereocenters. The van der Waals surface area contributed by atoms with E-state index in [0.717, 1.165) is 37.7 Å². The first-order valence-corrected chi connectivity index (χ1v) is 16.9. The normalized spacial score (nSPS) is 29.5. The molecule has 6 rings (SSSR count). The summed E-state index contributed by atoms with van der Waals surface area (Å²) in [5.74, 6) is 0.147. The molecule has 4 aliphatic carbocycles. The monoisotopic (exact) mass is 688 g/mol. The van der Waals surface area contributed by atoms with Crippen LogP contribution in [0.25, 0.3) is 0 Å². The van der Waals surface area contributed by atoms with Gasteiger partial charge in [0.25, 0.3) is 10.2 Å². The number of carbonyl (C=O) groups is 3. The van der Waals surface area contributed by atoms with Crippen LogP contribution in [0.1, 0.15) is 97.6 Å². The van der Waals surface area contributed by atoms with Gasteiger partial charge in [0.2, 0.25) is 0 Å². The first kappa shape index (κ1) is 34.8. The number of hydrogen-bond acceptors (Lipinski definition) is 11. The third kappa shape index (κ3) is 6.25. The highest BCUT2D eigenvalue weighted by atomic mass is 17.0. The Morgan fingerprint density at radius 1 is 0.800 bits per heavy atom. The van der Waals surface area contributed by atoms with E-state index >= 15 is 0 Å². The van der Waals surface area contributed by atoms with Crippen LogP contribution in [0.4, 0.5) is 0 Å². The van der Waals surface area contributed by atoms with Gasteiger partial charge < -0.3 is 19.1 Å². The molecule has 0 spiro atoms. The lowest BCUT2D eigenvalue weighted by Crippen LogP contribution is -2.58. The van der Waals surface area contributed by atoms with Crippen LogP contribution in [0, 0.1) is 48.8 Å². The third-order valence-electron chi connectivity index (χ3n) is 12.0. The number of fused-ring (bicyclic) bond motifs is 5. The number of ketones is 1. The maximum Gasteiger partial charge on any atom is 0.343 e. The van der Waals surface area contributed by atoms with Crippen molar-refractivity contribution in [2.75, 3.05) is 0 Å². The molecule has 2 fully saturated rings. The SMILES string of the molecule is CC(=O)C1(OC(=O)c2ccc(CO[N+](=O)[O-])cc2)CCC2C3CC=C4C=C(OC(=O)c5ccc(CO[N+](=O)[O-])cc5)CCC4(C)C3CCC21C. The number of ether oxygens (including phenoxy) is 2. The molecule has 0 aliphatic heterocycles. The molecule has 13 nitrogen and oxygen atoms in total. The smallest absolute Gasteiger partial charge is 0.343 e. The molecule has 0 heterocycles. The van der Waals surface area contributed by atoms with Crippen molar-refractivity contribution in [2.45, 2.75) is 84.5 Å². The van der Waals surface area contributed by atoms with Crippen LogP contribution in [0.3, 0.4) is 0 Å². The maximum atomic E-state index is 13.5. The van der Waals surface area contributed by atoms with Gasteiger partial charge in [-0.2, -0.15) is 0 Å². The topological polar surface area (TPSA) is 174 Å². The largest absolute Gasteiger partial charge is 0.447 e. The summed E-state index contributed by atoms with van der Waals surface area (Å²) in [7, 11) is 0. The molecule has 0 radical (unpaired) electrons. The van der Waals surface area contributed by atoms with Crippen LogP contribution >= 0.6 is 0 Å². The predicted octanol–water partition coefficient (Wildman–Crippen LogP) is 6.90. The summed E-state index contributed by atoms with van der Waals surface area (Å²) in [6.45, 7) is 5.47. The molecule has 50 heavy (non-hydrogen) atoms. The highest BCUT2D eigenvalue weighted by Gasteiger charge is 2.67. The Morgan fingerprint density at radius 2 is 1.36 bits per heavy atom. The minimum atomic E-state index is -1.26. The minimum absolute atomic E-state index is 0.141. The Bertz CT molecular complexity index is 1770. The Kier molecular flexibility index (Phi) is 9.27. The summed E-state index contributed by atoms with van der Waals surface area (Å²) in [5, 5.41) is 19.2. The second kappa shape index (κ2) is 13.3. The van der Waals surface area contributed by atoms with Crippen LogP contribution in [-0.2, 0) is 37.2 Å². The molecule has 264 valence electrons. The van der Waals surface area contributed by atoms with Crippen molar-refractivity contribution in [3.8, 4) is 0 Å². The van der Waals surface area contributed by atoms with Gasteiger partial charge >= 0.3 is 11.9 Å². The lowest BCUT2D eigenvalue weighted by Gasteiger charge is -2.58. The van der Waals surface area contributed by atoms with Crippen molar-refractivity contribution in [3.05, 3.63) is 114 Å². The van der Waals surface area contributed by atoms with Gasteiger partial charge in [-0.05, 0) is 116 Å². The third-order valence-corrected chi connectivity index (χ3v) is 12.0. The molecule has 0 saturated heterocycles. The molecule has 2 aromatic carbocycles. The van der Waals surface area contributed by atoms with Crippen LogP contribution < -0.4 is 0 Å². The Labute approximate surface area is 288 Å². The fraction of sp³-hybridized carbons (Fsp3) is 0.486. The molecule has 0 N–H and O–H groups in total. The molecule has 0 bridgehead atoms. The summed E-state index contributed by atoms with van der Waals surface area (Å²) in [4.78, 5) is 69.7. The average Bonchev–Trinajstić information content (AvgIpc) is 3.39. The van der Waals surface area contributed by atoms with Crippen molar-refractivity contribution in [2.24, 2.45) is 28.6 Å². The zero-order valence-electron chi connectivity index (χ0n) is 28.3.